The van der Waals surface area contributed by atoms with Gasteiger partial charge in [-0.25, -0.2) is 4.79 Å². The van der Waals surface area contributed by atoms with Crippen LogP contribution in [-0.2, 0) is 14.4 Å². The van der Waals surface area contributed by atoms with Crippen molar-refractivity contribution in [2.75, 3.05) is 0 Å². The van der Waals surface area contributed by atoms with Gasteiger partial charge >= 0.3 is 5.97 Å². The Bertz CT molecular complexity index is 299. The van der Waals surface area contributed by atoms with Crippen molar-refractivity contribution in [3.05, 3.63) is 0 Å². The fourth-order valence-corrected chi connectivity index (χ4v) is 0.915. The van der Waals surface area contributed by atoms with Gasteiger partial charge in [-0.05, 0) is 6.42 Å². The normalized spacial score (nSPS) is 12.9. The molecular weight excluding hydrogens is 212 g/mol. The van der Waals surface area contributed by atoms with Crippen LogP contribution < -0.4 is 11.1 Å². The molecule has 0 aliphatic carbocycles. The molecule has 16 heavy (non-hydrogen) atoms. The highest BCUT2D eigenvalue weighted by Gasteiger charge is 2.30. The molecule has 6 nitrogen and oxygen atoms in total. The Labute approximate surface area is 94.2 Å². The molecule has 0 heterocycles. The van der Waals surface area contributed by atoms with Crippen LogP contribution in [0.15, 0.2) is 0 Å². The molecule has 1 unspecified atom stereocenters. The predicted molar refractivity (Wildman–Crippen MR) is 57.4 cm³/mol. The van der Waals surface area contributed by atoms with Crippen LogP contribution in [0.4, 0.5) is 0 Å². The summed E-state index contributed by atoms with van der Waals surface area (Å²) in [4.78, 5) is 33.1. The Morgan fingerprint density at radius 3 is 2.19 bits per heavy atom. The number of rotatable bonds is 6. The second-order valence-electron chi connectivity index (χ2n) is 4.27. The van der Waals surface area contributed by atoms with Gasteiger partial charge in [-0.1, -0.05) is 20.8 Å². The number of aliphatic carboxylic acids is 1. The van der Waals surface area contributed by atoms with Crippen molar-refractivity contribution in [2.24, 2.45) is 11.1 Å². The van der Waals surface area contributed by atoms with Gasteiger partial charge in [-0.2, -0.15) is 0 Å². The fourth-order valence-electron chi connectivity index (χ4n) is 0.915. The fraction of sp³-hybridized carbons (Fsp3) is 0.700. The van der Waals surface area contributed by atoms with E-state index >= 15 is 0 Å². The molecular formula is C10H18N2O4. The molecule has 0 aliphatic rings. The van der Waals surface area contributed by atoms with Gasteiger partial charge in [0.1, 0.15) is 6.04 Å². The number of hydrogen-bond donors (Lipinski definition) is 3. The molecule has 0 aromatic carbocycles. The van der Waals surface area contributed by atoms with E-state index in [0.717, 1.165) is 0 Å². The third-order valence-corrected chi connectivity index (χ3v) is 2.51. The highest BCUT2D eigenvalue weighted by atomic mass is 16.4. The maximum Gasteiger partial charge on any atom is 0.326 e. The lowest BCUT2D eigenvalue weighted by molar-refractivity contribution is -0.144. The summed E-state index contributed by atoms with van der Waals surface area (Å²) >= 11 is 0. The minimum absolute atomic E-state index is 0.399. The van der Waals surface area contributed by atoms with Crippen molar-refractivity contribution >= 4 is 17.8 Å². The number of hydrogen-bond acceptors (Lipinski definition) is 3. The molecule has 0 radical (unpaired) electrons. The monoisotopic (exact) mass is 230 g/mol. The summed E-state index contributed by atoms with van der Waals surface area (Å²) in [5.41, 5.74) is 4.23. The molecule has 1 atom stereocenters. The molecule has 2 amide bonds. The largest absolute Gasteiger partial charge is 0.480 e. The predicted octanol–water partition coefficient (Wildman–Crippen LogP) is -0.133. The molecule has 6 heteroatoms. The van der Waals surface area contributed by atoms with Crippen LogP contribution in [-0.4, -0.2) is 28.9 Å². The summed E-state index contributed by atoms with van der Waals surface area (Å²) < 4.78 is 0. The van der Waals surface area contributed by atoms with E-state index < -0.39 is 35.7 Å². The number of nitrogens with two attached hydrogens (primary N) is 1. The molecule has 0 rings (SSSR count). The SMILES string of the molecule is CCC(C)(C)C(=O)NC(CC(N)=O)C(=O)O. The smallest absolute Gasteiger partial charge is 0.326 e. The van der Waals surface area contributed by atoms with E-state index in [2.05, 4.69) is 5.32 Å². The maximum atomic E-state index is 11.7. The second kappa shape index (κ2) is 5.48. The third-order valence-electron chi connectivity index (χ3n) is 2.51. The van der Waals surface area contributed by atoms with Gasteiger partial charge in [0.25, 0.3) is 0 Å². The van der Waals surface area contributed by atoms with Crippen molar-refractivity contribution in [1.82, 2.24) is 5.32 Å². The van der Waals surface area contributed by atoms with E-state index in [9.17, 15) is 14.4 Å². The van der Waals surface area contributed by atoms with Gasteiger partial charge in [-0.15, -0.1) is 0 Å². The highest BCUT2D eigenvalue weighted by Crippen LogP contribution is 2.19. The van der Waals surface area contributed by atoms with E-state index in [4.69, 9.17) is 10.8 Å². The number of carboxylic acid groups (broad SMARTS) is 1. The average Bonchev–Trinajstić information content (AvgIpc) is 2.15. The van der Waals surface area contributed by atoms with Gasteiger partial charge in [0.2, 0.25) is 11.8 Å². The molecule has 4 N–H and O–H groups in total. The molecule has 0 aromatic rings. The second-order valence-corrected chi connectivity index (χ2v) is 4.27. The van der Waals surface area contributed by atoms with Crippen LogP contribution in [0.2, 0.25) is 0 Å². The summed E-state index contributed by atoms with van der Waals surface area (Å²) in [6.45, 7) is 5.22. The quantitative estimate of drug-likeness (QED) is 0.590. The first-order valence-corrected chi connectivity index (χ1v) is 5.02. The number of amides is 2. The molecule has 0 spiro atoms. The summed E-state index contributed by atoms with van der Waals surface area (Å²) in [6, 6.07) is -1.25. The first kappa shape index (κ1) is 14.4. The number of carbonyl (C=O) groups excluding carboxylic acids is 2. The Kier molecular flexibility index (Phi) is 4.94. The average molecular weight is 230 g/mol. The highest BCUT2D eigenvalue weighted by molar-refractivity contribution is 5.90. The van der Waals surface area contributed by atoms with Crippen LogP contribution in [0.3, 0.4) is 0 Å². The van der Waals surface area contributed by atoms with Crippen LogP contribution in [0.1, 0.15) is 33.6 Å². The van der Waals surface area contributed by atoms with E-state index in [-0.39, 0.29) is 0 Å². The maximum absolute atomic E-state index is 11.7. The van der Waals surface area contributed by atoms with Crippen molar-refractivity contribution in [2.45, 2.75) is 39.7 Å². The Morgan fingerprint density at radius 1 is 1.38 bits per heavy atom. The summed E-state index contributed by atoms with van der Waals surface area (Å²) in [5, 5.41) is 11.1. The summed E-state index contributed by atoms with van der Waals surface area (Å²) in [6.07, 6.45) is 0.169. The van der Waals surface area contributed by atoms with Gasteiger partial charge in [-0.3, -0.25) is 9.59 Å². The molecule has 0 aliphatic heterocycles. The van der Waals surface area contributed by atoms with Crippen LogP contribution in [0.5, 0.6) is 0 Å². The molecule has 0 aromatic heterocycles. The zero-order chi connectivity index (χ0) is 12.9. The third kappa shape index (κ3) is 4.29. The summed E-state index contributed by atoms with van der Waals surface area (Å²) in [5.74, 6) is -2.43. The number of nitrogens with one attached hydrogen (secondary N) is 1. The Morgan fingerprint density at radius 2 is 1.88 bits per heavy atom. The van der Waals surface area contributed by atoms with Crippen LogP contribution in [0.25, 0.3) is 0 Å². The summed E-state index contributed by atoms with van der Waals surface area (Å²) in [7, 11) is 0. The topological polar surface area (TPSA) is 109 Å². The molecule has 0 saturated heterocycles. The lowest BCUT2D eigenvalue weighted by atomic mass is 9.89. The molecule has 0 fully saturated rings. The molecule has 0 bridgehead atoms. The van der Waals surface area contributed by atoms with Gasteiger partial charge in [0, 0.05) is 5.41 Å². The first-order valence-electron chi connectivity index (χ1n) is 5.02. The van der Waals surface area contributed by atoms with Gasteiger partial charge in [0.05, 0.1) is 6.42 Å². The van der Waals surface area contributed by atoms with E-state index in [1.165, 1.54) is 0 Å². The molecule has 92 valence electrons. The van der Waals surface area contributed by atoms with Crippen LogP contribution in [0, 0.1) is 5.41 Å². The number of carbonyl (C=O) groups is 3. The van der Waals surface area contributed by atoms with E-state index in [1.54, 1.807) is 13.8 Å². The first-order chi connectivity index (χ1) is 7.20. The minimum Gasteiger partial charge on any atom is -0.480 e. The van der Waals surface area contributed by atoms with Crippen LogP contribution >= 0.6 is 0 Å². The van der Waals surface area contributed by atoms with Gasteiger partial charge in [0.15, 0.2) is 0 Å². The van der Waals surface area contributed by atoms with E-state index in [0.29, 0.717) is 6.42 Å². The van der Waals surface area contributed by atoms with Crippen molar-refractivity contribution in [3.8, 4) is 0 Å². The Hall–Kier alpha value is -1.59. The molecule has 0 saturated carbocycles. The minimum atomic E-state index is -1.26. The lowest BCUT2D eigenvalue weighted by Crippen LogP contribution is -2.48. The lowest BCUT2D eigenvalue weighted by Gasteiger charge is -2.24. The van der Waals surface area contributed by atoms with Crippen molar-refractivity contribution in [1.29, 1.82) is 0 Å². The Balaban J connectivity index is 4.58. The standard InChI is InChI=1S/C10H18N2O4/c1-4-10(2,3)9(16)12-6(8(14)15)5-7(11)13/h6H,4-5H2,1-3H3,(H2,11,13)(H,12,16)(H,14,15). The van der Waals surface area contributed by atoms with Crippen molar-refractivity contribution in [3.63, 3.8) is 0 Å². The van der Waals surface area contributed by atoms with Crippen molar-refractivity contribution < 1.29 is 19.5 Å². The van der Waals surface area contributed by atoms with E-state index in [1.807, 2.05) is 6.92 Å². The zero-order valence-electron chi connectivity index (χ0n) is 9.74. The van der Waals surface area contributed by atoms with Gasteiger partial charge < -0.3 is 16.2 Å². The zero-order valence-corrected chi connectivity index (χ0v) is 9.74. The number of carboxylic acids is 1. The number of primary amides is 1.